The van der Waals surface area contributed by atoms with Gasteiger partial charge in [-0.25, -0.2) is 0 Å². The predicted molar refractivity (Wildman–Crippen MR) is 81.1 cm³/mol. The van der Waals surface area contributed by atoms with Gasteiger partial charge in [0.25, 0.3) is 0 Å². The second kappa shape index (κ2) is 4.18. The monoisotopic (exact) mass is 333 g/mol. The van der Waals surface area contributed by atoms with E-state index in [1.165, 1.54) is 25.6 Å². The average molecular weight is 333 g/mol. The Hall–Kier alpha value is -1.29. The summed E-state index contributed by atoms with van der Waals surface area (Å²) in [5, 5.41) is 1.32. The van der Waals surface area contributed by atoms with E-state index in [1.807, 2.05) is 0 Å². The molecule has 84 valence electrons. The molecule has 1 nitrogen and oxygen atoms in total. The fraction of sp³-hybridized carbons (Fsp3) is 0.0667. The van der Waals surface area contributed by atoms with Gasteiger partial charge in [-0.2, -0.15) is 0 Å². The third-order valence-electron chi connectivity index (χ3n) is 3.04. The molecule has 0 aliphatic carbocycles. The van der Waals surface area contributed by atoms with Crippen molar-refractivity contribution in [1.82, 2.24) is 4.57 Å². The lowest BCUT2D eigenvalue weighted by molar-refractivity contribution is 0.970. The number of halogens is 1. The number of aromatic nitrogens is 1. The van der Waals surface area contributed by atoms with Crippen molar-refractivity contribution in [3.8, 4) is 11.1 Å². The Balaban J connectivity index is 2.34. The SMILES string of the molecule is Cn1cc(-c2ccccc2)c2cc(I)ccc21. The molecule has 0 atom stereocenters. The zero-order chi connectivity index (χ0) is 11.8. The number of rotatable bonds is 1. The fourth-order valence-electron chi connectivity index (χ4n) is 2.21. The van der Waals surface area contributed by atoms with Crippen LogP contribution in [-0.4, -0.2) is 4.57 Å². The van der Waals surface area contributed by atoms with Crippen LogP contribution in [0.3, 0.4) is 0 Å². The van der Waals surface area contributed by atoms with Crippen molar-refractivity contribution < 1.29 is 0 Å². The summed E-state index contributed by atoms with van der Waals surface area (Å²) in [5.41, 5.74) is 3.87. The Morgan fingerprint density at radius 2 is 1.76 bits per heavy atom. The number of nitrogens with zero attached hydrogens (tertiary/aromatic N) is 1. The normalized spacial score (nSPS) is 10.9. The highest BCUT2D eigenvalue weighted by Crippen LogP contribution is 2.30. The predicted octanol–water partition coefficient (Wildman–Crippen LogP) is 4.45. The van der Waals surface area contributed by atoms with Gasteiger partial charge in [0, 0.05) is 33.3 Å². The van der Waals surface area contributed by atoms with Gasteiger partial charge in [-0.15, -0.1) is 0 Å². The maximum absolute atomic E-state index is 2.36. The van der Waals surface area contributed by atoms with Gasteiger partial charge in [-0.05, 0) is 46.4 Å². The molecule has 0 amide bonds. The first-order valence-electron chi connectivity index (χ1n) is 5.56. The molecule has 0 saturated heterocycles. The summed E-state index contributed by atoms with van der Waals surface area (Å²) in [6, 6.07) is 17.1. The molecule has 0 aliphatic heterocycles. The quantitative estimate of drug-likeness (QED) is 0.580. The topological polar surface area (TPSA) is 4.93 Å². The van der Waals surface area contributed by atoms with Gasteiger partial charge in [-0.1, -0.05) is 30.3 Å². The van der Waals surface area contributed by atoms with Gasteiger partial charge in [0.2, 0.25) is 0 Å². The molecule has 0 aliphatic rings. The van der Waals surface area contributed by atoms with E-state index in [0.29, 0.717) is 0 Å². The summed E-state index contributed by atoms with van der Waals surface area (Å²) >= 11 is 2.36. The Morgan fingerprint density at radius 3 is 2.53 bits per heavy atom. The standard InChI is InChI=1S/C15H12IN/c1-17-10-14(11-5-3-2-4-6-11)13-9-12(16)7-8-15(13)17/h2-10H,1H3. The lowest BCUT2D eigenvalue weighted by Crippen LogP contribution is -1.82. The molecule has 1 aromatic heterocycles. The van der Waals surface area contributed by atoms with E-state index in [1.54, 1.807) is 0 Å². The first-order valence-corrected chi connectivity index (χ1v) is 6.63. The summed E-state index contributed by atoms with van der Waals surface area (Å²) in [6.45, 7) is 0. The van der Waals surface area contributed by atoms with Crippen molar-refractivity contribution in [2.24, 2.45) is 7.05 Å². The van der Waals surface area contributed by atoms with Crippen LogP contribution in [0.15, 0.2) is 54.7 Å². The average Bonchev–Trinajstić information content (AvgIpc) is 2.67. The van der Waals surface area contributed by atoms with Gasteiger partial charge >= 0.3 is 0 Å². The number of benzene rings is 2. The van der Waals surface area contributed by atoms with Gasteiger partial charge in [0.05, 0.1) is 0 Å². The fourth-order valence-corrected chi connectivity index (χ4v) is 2.70. The van der Waals surface area contributed by atoms with Crippen LogP contribution in [-0.2, 0) is 7.05 Å². The van der Waals surface area contributed by atoms with Crippen LogP contribution in [0.1, 0.15) is 0 Å². The number of hydrogen-bond acceptors (Lipinski definition) is 0. The highest BCUT2D eigenvalue weighted by molar-refractivity contribution is 14.1. The first-order chi connectivity index (χ1) is 8.25. The number of aryl methyl sites for hydroxylation is 1. The summed E-state index contributed by atoms with van der Waals surface area (Å²) < 4.78 is 3.46. The molecule has 0 fully saturated rings. The molecule has 0 spiro atoms. The van der Waals surface area contributed by atoms with E-state index < -0.39 is 0 Å². The maximum atomic E-state index is 2.36. The Kier molecular flexibility index (Phi) is 2.67. The Labute approximate surface area is 114 Å². The molecule has 2 aromatic carbocycles. The second-order valence-electron chi connectivity index (χ2n) is 4.18. The minimum atomic E-state index is 1.28. The summed E-state index contributed by atoms with van der Waals surface area (Å²) in [5.74, 6) is 0. The molecular formula is C15H12IN. The summed E-state index contributed by atoms with van der Waals surface area (Å²) in [6.07, 6.45) is 2.20. The van der Waals surface area contributed by atoms with Crippen molar-refractivity contribution in [2.75, 3.05) is 0 Å². The van der Waals surface area contributed by atoms with E-state index in [0.717, 1.165) is 0 Å². The number of hydrogen-bond donors (Lipinski definition) is 0. The van der Waals surface area contributed by atoms with Crippen LogP contribution in [0.25, 0.3) is 22.0 Å². The van der Waals surface area contributed by atoms with Crippen LogP contribution in [0.5, 0.6) is 0 Å². The minimum absolute atomic E-state index is 1.28. The lowest BCUT2D eigenvalue weighted by atomic mass is 10.1. The van der Waals surface area contributed by atoms with Crippen LogP contribution >= 0.6 is 22.6 Å². The molecule has 0 bridgehead atoms. The number of fused-ring (bicyclic) bond motifs is 1. The van der Waals surface area contributed by atoms with Gasteiger partial charge < -0.3 is 4.57 Å². The second-order valence-corrected chi connectivity index (χ2v) is 5.43. The largest absolute Gasteiger partial charge is 0.350 e. The zero-order valence-corrected chi connectivity index (χ0v) is 11.7. The molecule has 0 radical (unpaired) electrons. The highest BCUT2D eigenvalue weighted by atomic mass is 127. The minimum Gasteiger partial charge on any atom is -0.350 e. The van der Waals surface area contributed by atoms with E-state index >= 15 is 0 Å². The molecule has 3 rings (SSSR count). The van der Waals surface area contributed by atoms with Crippen molar-refractivity contribution in [2.45, 2.75) is 0 Å². The maximum Gasteiger partial charge on any atom is 0.0484 e. The van der Waals surface area contributed by atoms with Crippen molar-refractivity contribution in [1.29, 1.82) is 0 Å². The molecule has 2 heteroatoms. The summed E-state index contributed by atoms with van der Waals surface area (Å²) in [7, 11) is 2.10. The molecular weight excluding hydrogens is 321 g/mol. The van der Waals surface area contributed by atoms with Crippen LogP contribution in [0, 0.1) is 3.57 Å². The molecule has 1 heterocycles. The summed E-state index contributed by atoms with van der Waals surface area (Å²) in [4.78, 5) is 0. The third kappa shape index (κ3) is 1.86. The van der Waals surface area contributed by atoms with Gasteiger partial charge in [-0.3, -0.25) is 0 Å². The van der Waals surface area contributed by atoms with Crippen LogP contribution in [0.2, 0.25) is 0 Å². The molecule has 0 unspecified atom stereocenters. The van der Waals surface area contributed by atoms with Crippen LogP contribution in [0.4, 0.5) is 0 Å². The molecule has 17 heavy (non-hydrogen) atoms. The lowest BCUT2D eigenvalue weighted by Gasteiger charge is -1.99. The Morgan fingerprint density at radius 1 is 1.00 bits per heavy atom. The molecule has 3 aromatic rings. The van der Waals surface area contributed by atoms with E-state index in [9.17, 15) is 0 Å². The van der Waals surface area contributed by atoms with Crippen LogP contribution < -0.4 is 0 Å². The molecule has 0 saturated carbocycles. The smallest absolute Gasteiger partial charge is 0.0484 e. The van der Waals surface area contributed by atoms with Crippen molar-refractivity contribution in [3.05, 3.63) is 58.3 Å². The highest BCUT2D eigenvalue weighted by Gasteiger charge is 2.08. The Bertz CT molecular complexity index is 668. The van der Waals surface area contributed by atoms with Crippen molar-refractivity contribution in [3.63, 3.8) is 0 Å². The first kappa shape index (κ1) is 10.8. The third-order valence-corrected chi connectivity index (χ3v) is 3.71. The van der Waals surface area contributed by atoms with Gasteiger partial charge in [0.15, 0.2) is 0 Å². The van der Waals surface area contributed by atoms with Gasteiger partial charge in [0.1, 0.15) is 0 Å². The zero-order valence-electron chi connectivity index (χ0n) is 9.52. The van der Waals surface area contributed by atoms with E-state index in [4.69, 9.17) is 0 Å². The van der Waals surface area contributed by atoms with Crippen molar-refractivity contribution >= 4 is 33.5 Å². The molecule has 0 N–H and O–H groups in total. The van der Waals surface area contributed by atoms with E-state index in [2.05, 4.69) is 88.9 Å². The van der Waals surface area contributed by atoms with E-state index in [-0.39, 0.29) is 0 Å².